The highest BCUT2D eigenvalue weighted by molar-refractivity contribution is 5.88. The minimum atomic E-state index is -0.838. The number of carbonyl (C=O) groups is 4. The lowest BCUT2D eigenvalue weighted by atomic mass is 10.1. The number of phenolic OH excluding ortho intramolecular Hbond substituents is 1. The number of phenols is 1. The highest BCUT2D eigenvalue weighted by Gasteiger charge is 2.36. The fraction of sp³-hybridized carbons (Fsp3) is 0.565. The van der Waals surface area contributed by atoms with Crippen LogP contribution in [0.2, 0.25) is 0 Å². The van der Waals surface area contributed by atoms with Crippen LogP contribution in [-0.4, -0.2) is 102 Å². The zero-order valence-electron chi connectivity index (χ0n) is 19.2. The summed E-state index contributed by atoms with van der Waals surface area (Å²) in [5.74, 6) is -0.821. The average molecular weight is 461 g/mol. The lowest BCUT2D eigenvalue weighted by molar-refractivity contribution is -0.145. The second-order valence-electron chi connectivity index (χ2n) is 8.49. The van der Waals surface area contributed by atoms with Crippen LogP contribution < -0.4 is 5.32 Å². The summed E-state index contributed by atoms with van der Waals surface area (Å²) in [7, 11) is 1.27. The number of likely N-dealkylation sites (tertiary alicyclic amines) is 1. The Labute approximate surface area is 193 Å². The second kappa shape index (κ2) is 11.1. The molecule has 0 bridgehead atoms. The minimum Gasteiger partial charge on any atom is -0.508 e. The van der Waals surface area contributed by atoms with Crippen molar-refractivity contribution in [2.75, 3.05) is 46.4 Å². The fourth-order valence-corrected chi connectivity index (χ4v) is 4.38. The van der Waals surface area contributed by atoms with E-state index in [1.807, 2.05) is 4.90 Å². The Bertz CT molecular complexity index is 866. The first kappa shape index (κ1) is 24.5. The Balaban J connectivity index is 1.49. The molecule has 2 aliphatic rings. The Kier molecular flexibility index (Phi) is 8.26. The van der Waals surface area contributed by atoms with E-state index in [0.29, 0.717) is 39.1 Å². The van der Waals surface area contributed by atoms with Gasteiger partial charge in [0.2, 0.25) is 17.7 Å². The molecule has 10 heteroatoms. The van der Waals surface area contributed by atoms with Gasteiger partial charge in [0.1, 0.15) is 17.8 Å². The third-order valence-electron chi connectivity index (χ3n) is 6.19. The van der Waals surface area contributed by atoms with Crippen LogP contribution in [0.5, 0.6) is 5.75 Å². The molecule has 180 valence electrons. The zero-order chi connectivity index (χ0) is 24.0. The molecule has 2 heterocycles. The maximum atomic E-state index is 12.9. The summed E-state index contributed by atoms with van der Waals surface area (Å²) >= 11 is 0. The predicted molar refractivity (Wildman–Crippen MR) is 119 cm³/mol. The largest absolute Gasteiger partial charge is 0.508 e. The number of aromatic hydroxyl groups is 1. The van der Waals surface area contributed by atoms with Crippen molar-refractivity contribution < 1.29 is 29.0 Å². The van der Waals surface area contributed by atoms with E-state index in [-0.39, 0.29) is 42.5 Å². The number of ether oxygens (including phenoxy) is 1. The fourth-order valence-electron chi connectivity index (χ4n) is 4.38. The molecule has 1 aromatic rings. The first-order chi connectivity index (χ1) is 15.8. The first-order valence-corrected chi connectivity index (χ1v) is 11.2. The van der Waals surface area contributed by atoms with Gasteiger partial charge in [0.25, 0.3) is 0 Å². The van der Waals surface area contributed by atoms with Crippen molar-refractivity contribution >= 4 is 23.7 Å². The number of carbonyl (C=O) groups excluding carboxylic acids is 4. The summed E-state index contributed by atoms with van der Waals surface area (Å²) in [5, 5.41) is 12.1. The topological polar surface area (TPSA) is 119 Å². The lowest BCUT2D eigenvalue weighted by Crippen LogP contribution is -2.56. The van der Waals surface area contributed by atoms with Gasteiger partial charge in [0, 0.05) is 46.1 Å². The molecule has 0 saturated carbocycles. The van der Waals surface area contributed by atoms with Crippen molar-refractivity contribution in [3.63, 3.8) is 0 Å². The quantitative estimate of drug-likeness (QED) is 0.539. The Hall–Kier alpha value is -3.14. The Morgan fingerprint density at radius 2 is 1.76 bits per heavy atom. The van der Waals surface area contributed by atoms with Crippen molar-refractivity contribution in [3.8, 4) is 5.75 Å². The molecule has 10 nitrogen and oxygen atoms in total. The molecular formula is C23H32N4O6. The summed E-state index contributed by atoms with van der Waals surface area (Å²) in [5.41, 5.74) is 0.780. The third kappa shape index (κ3) is 6.44. The molecule has 0 aliphatic carbocycles. The summed E-state index contributed by atoms with van der Waals surface area (Å²) in [6.07, 6.45) is 1.77. The normalized spacial score (nSPS) is 19.8. The number of amides is 3. The van der Waals surface area contributed by atoms with Gasteiger partial charge < -0.3 is 25.0 Å². The van der Waals surface area contributed by atoms with E-state index in [1.165, 1.54) is 26.2 Å². The number of methoxy groups -OCH3 is 1. The molecule has 0 radical (unpaired) electrons. The molecule has 2 N–H and O–H groups in total. The van der Waals surface area contributed by atoms with Crippen molar-refractivity contribution in [3.05, 3.63) is 29.8 Å². The third-order valence-corrected chi connectivity index (χ3v) is 6.19. The summed E-state index contributed by atoms with van der Waals surface area (Å²) in [4.78, 5) is 54.7. The number of benzene rings is 1. The number of nitrogens with zero attached hydrogens (tertiary/aromatic N) is 3. The van der Waals surface area contributed by atoms with E-state index < -0.39 is 12.0 Å². The molecule has 0 unspecified atom stereocenters. The summed E-state index contributed by atoms with van der Waals surface area (Å²) in [6.45, 7) is 4.26. The number of hydrogen-bond donors (Lipinski definition) is 2. The van der Waals surface area contributed by atoms with E-state index in [2.05, 4.69) is 5.32 Å². The molecule has 33 heavy (non-hydrogen) atoms. The molecular weight excluding hydrogens is 428 g/mol. The average Bonchev–Trinajstić information content (AvgIpc) is 3.30. The van der Waals surface area contributed by atoms with E-state index in [9.17, 15) is 24.3 Å². The minimum absolute atomic E-state index is 0.0218. The van der Waals surface area contributed by atoms with Gasteiger partial charge in [-0.15, -0.1) is 0 Å². The molecule has 3 amide bonds. The van der Waals surface area contributed by atoms with E-state index in [0.717, 1.165) is 12.0 Å². The van der Waals surface area contributed by atoms with Gasteiger partial charge in [-0.1, -0.05) is 12.1 Å². The summed E-state index contributed by atoms with van der Waals surface area (Å²) in [6, 6.07) is 5.20. The van der Waals surface area contributed by atoms with Crippen molar-refractivity contribution in [2.24, 2.45) is 0 Å². The number of rotatable bonds is 7. The molecule has 2 fully saturated rings. The van der Waals surface area contributed by atoms with Crippen LogP contribution in [0.25, 0.3) is 0 Å². The van der Waals surface area contributed by atoms with E-state index in [1.54, 1.807) is 21.9 Å². The number of piperazine rings is 1. The first-order valence-electron chi connectivity index (χ1n) is 11.2. The number of hydrogen-bond acceptors (Lipinski definition) is 7. The van der Waals surface area contributed by atoms with Crippen molar-refractivity contribution in [2.45, 2.75) is 38.3 Å². The van der Waals surface area contributed by atoms with Gasteiger partial charge in [0.15, 0.2) is 0 Å². The SMILES string of the molecule is COC(=O)[C@H](Cc1ccc(O)cc1)NC(=O)CN1CCN(C(=O)[C@@H]2CCCN2C(C)=O)CC1. The summed E-state index contributed by atoms with van der Waals surface area (Å²) < 4.78 is 4.82. The van der Waals surface area contributed by atoms with Gasteiger partial charge in [-0.2, -0.15) is 0 Å². The van der Waals surface area contributed by atoms with Gasteiger partial charge in [0.05, 0.1) is 13.7 Å². The zero-order valence-corrected chi connectivity index (χ0v) is 19.2. The molecule has 0 aromatic heterocycles. The lowest BCUT2D eigenvalue weighted by Gasteiger charge is -2.37. The standard InChI is InChI=1S/C23H32N4O6/c1-16(28)27-9-3-4-20(27)22(31)26-12-10-25(11-13-26)15-21(30)24-19(23(32)33-2)14-17-5-7-18(29)8-6-17/h5-8,19-20,29H,3-4,9-15H2,1-2H3,(H,24,30)/t19-,20-/m0/s1. The smallest absolute Gasteiger partial charge is 0.328 e. The second-order valence-corrected chi connectivity index (χ2v) is 8.49. The maximum Gasteiger partial charge on any atom is 0.328 e. The van der Waals surface area contributed by atoms with Crippen LogP contribution in [0.15, 0.2) is 24.3 Å². The van der Waals surface area contributed by atoms with Gasteiger partial charge >= 0.3 is 5.97 Å². The molecule has 1 aromatic carbocycles. The Morgan fingerprint density at radius 1 is 1.09 bits per heavy atom. The molecule has 2 aliphatic heterocycles. The van der Waals surface area contributed by atoms with Crippen LogP contribution in [0, 0.1) is 0 Å². The van der Waals surface area contributed by atoms with Crippen LogP contribution in [-0.2, 0) is 30.3 Å². The van der Waals surface area contributed by atoms with E-state index >= 15 is 0 Å². The van der Waals surface area contributed by atoms with Crippen LogP contribution in [0.3, 0.4) is 0 Å². The number of esters is 1. The molecule has 2 saturated heterocycles. The monoisotopic (exact) mass is 460 g/mol. The number of nitrogens with one attached hydrogen (secondary N) is 1. The van der Waals surface area contributed by atoms with Crippen LogP contribution in [0.4, 0.5) is 0 Å². The Morgan fingerprint density at radius 3 is 2.36 bits per heavy atom. The van der Waals surface area contributed by atoms with Crippen LogP contribution >= 0.6 is 0 Å². The van der Waals surface area contributed by atoms with Gasteiger partial charge in [-0.3, -0.25) is 19.3 Å². The molecule has 3 rings (SSSR count). The maximum absolute atomic E-state index is 12.9. The van der Waals surface area contributed by atoms with Crippen LogP contribution in [0.1, 0.15) is 25.3 Å². The molecule has 0 spiro atoms. The highest BCUT2D eigenvalue weighted by atomic mass is 16.5. The predicted octanol–water partition coefficient (Wildman–Crippen LogP) is -0.252. The molecule has 2 atom stereocenters. The highest BCUT2D eigenvalue weighted by Crippen LogP contribution is 2.20. The van der Waals surface area contributed by atoms with Crippen molar-refractivity contribution in [1.29, 1.82) is 0 Å². The van der Waals surface area contributed by atoms with Gasteiger partial charge in [-0.25, -0.2) is 4.79 Å². The van der Waals surface area contributed by atoms with E-state index in [4.69, 9.17) is 4.74 Å². The van der Waals surface area contributed by atoms with Gasteiger partial charge in [-0.05, 0) is 30.5 Å². The van der Waals surface area contributed by atoms with Crippen molar-refractivity contribution in [1.82, 2.24) is 20.0 Å².